The molecule has 0 saturated heterocycles. The van der Waals surface area contributed by atoms with E-state index in [0.29, 0.717) is 24.3 Å². The molecule has 1 aromatic heterocycles. The molecule has 0 fully saturated rings. The number of hydrogen-bond donors (Lipinski definition) is 3. The van der Waals surface area contributed by atoms with Crippen molar-refractivity contribution in [1.29, 1.82) is 0 Å². The Labute approximate surface area is 140 Å². The van der Waals surface area contributed by atoms with Crippen LogP contribution in [-0.4, -0.2) is 36.6 Å². The van der Waals surface area contributed by atoms with E-state index in [2.05, 4.69) is 10.6 Å². The highest BCUT2D eigenvalue weighted by Crippen LogP contribution is 2.18. The second-order valence-corrected chi connectivity index (χ2v) is 5.50. The molecular formula is C18H22N2O4. The largest absolute Gasteiger partial charge is 0.469 e. The highest BCUT2D eigenvalue weighted by molar-refractivity contribution is 5.97. The number of benzene rings is 1. The van der Waals surface area contributed by atoms with Crippen molar-refractivity contribution >= 4 is 11.8 Å². The maximum Gasteiger partial charge on any atom is 0.255 e. The Bertz CT molecular complexity index is 667. The van der Waals surface area contributed by atoms with Crippen molar-refractivity contribution < 1.29 is 19.1 Å². The fourth-order valence-corrected chi connectivity index (χ4v) is 2.44. The van der Waals surface area contributed by atoms with Gasteiger partial charge in [-0.2, -0.15) is 0 Å². The summed E-state index contributed by atoms with van der Waals surface area (Å²) >= 11 is 0. The number of hydrogen-bond acceptors (Lipinski definition) is 4. The molecule has 1 aromatic carbocycles. The molecule has 0 aliphatic heterocycles. The molecule has 6 heteroatoms. The SMILES string of the molecule is Cc1occc1C(=O)NCC(=O)NCC(CCO)c1ccccc1. The van der Waals surface area contributed by atoms with Gasteiger partial charge in [-0.05, 0) is 25.0 Å². The lowest BCUT2D eigenvalue weighted by Crippen LogP contribution is -2.38. The van der Waals surface area contributed by atoms with E-state index in [1.165, 1.54) is 6.26 Å². The summed E-state index contributed by atoms with van der Waals surface area (Å²) in [5, 5.41) is 14.5. The van der Waals surface area contributed by atoms with Crippen LogP contribution in [0, 0.1) is 6.92 Å². The Morgan fingerprint density at radius 2 is 1.92 bits per heavy atom. The molecule has 6 nitrogen and oxygen atoms in total. The Hall–Kier alpha value is -2.60. The first-order valence-electron chi connectivity index (χ1n) is 7.86. The van der Waals surface area contributed by atoms with Gasteiger partial charge in [-0.15, -0.1) is 0 Å². The molecule has 1 unspecified atom stereocenters. The lowest BCUT2D eigenvalue weighted by Gasteiger charge is -2.17. The number of aliphatic hydroxyl groups is 1. The smallest absolute Gasteiger partial charge is 0.255 e. The lowest BCUT2D eigenvalue weighted by atomic mass is 9.96. The third kappa shape index (κ3) is 4.96. The summed E-state index contributed by atoms with van der Waals surface area (Å²) < 4.78 is 5.06. The molecule has 0 aliphatic carbocycles. The van der Waals surface area contributed by atoms with Gasteiger partial charge in [-0.25, -0.2) is 0 Å². The van der Waals surface area contributed by atoms with Crippen LogP contribution in [0.15, 0.2) is 47.1 Å². The Morgan fingerprint density at radius 1 is 1.17 bits per heavy atom. The summed E-state index contributed by atoms with van der Waals surface area (Å²) in [6, 6.07) is 11.3. The number of aliphatic hydroxyl groups excluding tert-OH is 1. The van der Waals surface area contributed by atoms with E-state index in [-0.39, 0.29) is 30.9 Å². The summed E-state index contributed by atoms with van der Waals surface area (Å²) in [5.74, 6) is -0.0679. The molecule has 128 valence electrons. The number of rotatable bonds is 8. The zero-order valence-electron chi connectivity index (χ0n) is 13.6. The molecular weight excluding hydrogens is 308 g/mol. The average Bonchev–Trinajstić information content (AvgIpc) is 3.03. The second-order valence-electron chi connectivity index (χ2n) is 5.50. The maximum atomic E-state index is 11.9. The van der Waals surface area contributed by atoms with Crippen LogP contribution >= 0.6 is 0 Å². The van der Waals surface area contributed by atoms with Crippen molar-refractivity contribution in [2.75, 3.05) is 19.7 Å². The molecule has 1 atom stereocenters. The van der Waals surface area contributed by atoms with Gasteiger partial charge in [-0.1, -0.05) is 30.3 Å². The zero-order valence-corrected chi connectivity index (χ0v) is 13.6. The number of nitrogens with one attached hydrogen (secondary N) is 2. The van der Waals surface area contributed by atoms with E-state index < -0.39 is 0 Å². The van der Waals surface area contributed by atoms with E-state index >= 15 is 0 Å². The minimum absolute atomic E-state index is 0.0342. The number of furan rings is 1. The molecule has 0 aliphatic rings. The van der Waals surface area contributed by atoms with Crippen LogP contribution in [0.25, 0.3) is 0 Å². The third-order valence-electron chi connectivity index (χ3n) is 3.81. The fourth-order valence-electron chi connectivity index (χ4n) is 2.44. The van der Waals surface area contributed by atoms with Crippen LogP contribution in [0.5, 0.6) is 0 Å². The Balaban J connectivity index is 1.81. The molecule has 2 amide bonds. The summed E-state index contributed by atoms with van der Waals surface area (Å²) in [6.07, 6.45) is 1.99. The van der Waals surface area contributed by atoms with Gasteiger partial charge in [0.25, 0.3) is 5.91 Å². The summed E-state index contributed by atoms with van der Waals surface area (Å²) in [6.45, 7) is 2.04. The molecule has 2 rings (SSSR count). The number of carbonyl (C=O) groups excluding carboxylic acids is 2. The number of amides is 2. The van der Waals surface area contributed by atoms with Crippen molar-refractivity contribution in [3.05, 3.63) is 59.5 Å². The molecule has 0 saturated carbocycles. The predicted molar refractivity (Wildman–Crippen MR) is 89.7 cm³/mol. The highest BCUT2D eigenvalue weighted by Gasteiger charge is 2.14. The van der Waals surface area contributed by atoms with Crippen LogP contribution in [-0.2, 0) is 4.79 Å². The predicted octanol–water partition coefficient (Wildman–Crippen LogP) is 1.60. The molecule has 24 heavy (non-hydrogen) atoms. The van der Waals surface area contributed by atoms with E-state index in [1.54, 1.807) is 13.0 Å². The quantitative estimate of drug-likeness (QED) is 0.685. The molecule has 0 spiro atoms. The van der Waals surface area contributed by atoms with Crippen molar-refractivity contribution in [3.63, 3.8) is 0 Å². The second kappa shape index (κ2) is 8.88. The van der Waals surface area contributed by atoms with Gasteiger partial charge in [-0.3, -0.25) is 9.59 Å². The van der Waals surface area contributed by atoms with E-state index in [0.717, 1.165) is 5.56 Å². The highest BCUT2D eigenvalue weighted by atomic mass is 16.3. The van der Waals surface area contributed by atoms with Crippen molar-refractivity contribution in [1.82, 2.24) is 10.6 Å². The maximum absolute atomic E-state index is 11.9. The van der Waals surface area contributed by atoms with Crippen molar-refractivity contribution in [2.45, 2.75) is 19.3 Å². The fraction of sp³-hybridized carbons (Fsp3) is 0.333. The summed E-state index contributed by atoms with van der Waals surface area (Å²) in [7, 11) is 0. The first-order valence-corrected chi connectivity index (χ1v) is 7.86. The molecule has 0 bridgehead atoms. The van der Waals surface area contributed by atoms with Crippen LogP contribution in [0.1, 0.15) is 34.0 Å². The molecule has 2 aromatic rings. The Morgan fingerprint density at radius 3 is 2.54 bits per heavy atom. The third-order valence-corrected chi connectivity index (χ3v) is 3.81. The normalized spacial score (nSPS) is 11.8. The minimum atomic E-state index is -0.341. The standard InChI is InChI=1S/C18H22N2O4/c1-13-16(8-10-24-13)18(23)20-12-17(22)19-11-15(7-9-21)14-5-3-2-4-6-14/h2-6,8,10,15,21H,7,9,11-12H2,1H3,(H,19,22)(H,20,23). The van der Waals surface area contributed by atoms with E-state index in [1.807, 2.05) is 30.3 Å². The van der Waals surface area contributed by atoms with E-state index in [9.17, 15) is 14.7 Å². The van der Waals surface area contributed by atoms with Crippen molar-refractivity contribution in [3.8, 4) is 0 Å². The lowest BCUT2D eigenvalue weighted by molar-refractivity contribution is -0.120. The zero-order chi connectivity index (χ0) is 17.4. The van der Waals surface area contributed by atoms with Gasteiger partial charge < -0.3 is 20.2 Å². The van der Waals surface area contributed by atoms with Gasteiger partial charge in [0.15, 0.2) is 0 Å². The first kappa shape index (κ1) is 17.7. The Kier molecular flexibility index (Phi) is 6.57. The monoisotopic (exact) mass is 330 g/mol. The van der Waals surface area contributed by atoms with Crippen LogP contribution in [0.4, 0.5) is 0 Å². The average molecular weight is 330 g/mol. The topological polar surface area (TPSA) is 91.6 Å². The summed E-state index contributed by atoms with van der Waals surface area (Å²) in [5.41, 5.74) is 1.48. The first-order chi connectivity index (χ1) is 11.6. The van der Waals surface area contributed by atoms with Gasteiger partial charge in [0.2, 0.25) is 5.91 Å². The summed E-state index contributed by atoms with van der Waals surface area (Å²) in [4.78, 5) is 23.8. The van der Waals surface area contributed by atoms with Gasteiger partial charge in [0.05, 0.1) is 18.4 Å². The van der Waals surface area contributed by atoms with Crippen LogP contribution in [0.3, 0.4) is 0 Å². The van der Waals surface area contributed by atoms with Crippen LogP contribution < -0.4 is 10.6 Å². The van der Waals surface area contributed by atoms with Crippen LogP contribution in [0.2, 0.25) is 0 Å². The van der Waals surface area contributed by atoms with Crippen molar-refractivity contribution in [2.24, 2.45) is 0 Å². The molecule has 1 heterocycles. The van der Waals surface area contributed by atoms with Gasteiger partial charge >= 0.3 is 0 Å². The van der Waals surface area contributed by atoms with E-state index in [4.69, 9.17) is 4.42 Å². The van der Waals surface area contributed by atoms with Gasteiger partial charge in [0.1, 0.15) is 5.76 Å². The number of aryl methyl sites for hydroxylation is 1. The van der Waals surface area contributed by atoms with Gasteiger partial charge in [0, 0.05) is 19.1 Å². The molecule has 0 radical (unpaired) electrons. The molecule has 3 N–H and O–H groups in total. The minimum Gasteiger partial charge on any atom is -0.469 e. The number of carbonyl (C=O) groups is 2.